The van der Waals surface area contributed by atoms with E-state index in [9.17, 15) is 0 Å². The summed E-state index contributed by atoms with van der Waals surface area (Å²) in [5.41, 5.74) is 4.38. The van der Waals surface area contributed by atoms with Gasteiger partial charge in [0.2, 0.25) is 0 Å². The van der Waals surface area contributed by atoms with Crippen LogP contribution in [0.3, 0.4) is 0 Å². The third-order valence-corrected chi connectivity index (χ3v) is 2.06. The van der Waals surface area contributed by atoms with Crippen molar-refractivity contribution >= 4 is 0 Å². The van der Waals surface area contributed by atoms with Crippen molar-refractivity contribution in [1.29, 1.82) is 0 Å². The van der Waals surface area contributed by atoms with Gasteiger partial charge >= 0.3 is 0 Å². The van der Waals surface area contributed by atoms with Crippen molar-refractivity contribution in [3.05, 3.63) is 17.9 Å². The van der Waals surface area contributed by atoms with Gasteiger partial charge in [-0.05, 0) is 31.5 Å². The molecule has 1 heterocycles. The van der Waals surface area contributed by atoms with Crippen LogP contribution in [0.5, 0.6) is 0 Å². The predicted molar refractivity (Wildman–Crippen MR) is 44.0 cm³/mol. The second-order valence-electron chi connectivity index (χ2n) is 2.75. The van der Waals surface area contributed by atoms with Gasteiger partial charge in [-0.2, -0.15) is 0 Å². The van der Waals surface area contributed by atoms with Crippen LogP contribution < -0.4 is 0 Å². The summed E-state index contributed by atoms with van der Waals surface area (Å²) in [4.78, 5) is 2.43. The molecule has 0 radical (unpaired) electrons. The fraction of sp³-hybridized carbons (Fsp3) is 0.667. The molecule has 0 unspecified atom stereocenters. The summed E-state index contributed by atoms with van der Waals surface area (Å²) in [6, 6.07) is 0. The number of piperidine rings is 1. The average Bonchev–Trinajstić information content (AvgIpc) is 2.05. The van der Waals surface area contributed by atoms with Crippen LogP contribution in [0.15, 0.2) is 17.9 Å². The van der Waals surface area contributed by atoms with Crippen LogP contribution in [-0.4, -0.2) is 24.5 Å². The summed E-state index contributed by atoms with van der Waals surface area (Å²) in [6.45, 7) is 9.37. The van der Waals surface area contributed by atoms with Crippen molar-refractivity contribution in [1.82, 2.24) is 4.90 Å². The number of rotatable bonds is 1. The van der Waals surface area contributed by atoms with Crippen molar-refractivity contribution in [2.75, 3.05) is 19.6 Å². The standard InChI is InChI=1S/C9H15N/c1-3-9-6-5-7-10(4-2)8-9/h1,4-8H2,2H3. The maximum Gasteiger partial charge on any atom is 0.0268 e. The lowest BCUT2D eigenvalue weighted by Gasteiger charge is -2.25. The topological polar surface area (TPSA) is 3.24 Å². The first-order valence-electron chi connectivity index (χ1n) is 3.97. The first-order valence-corrected chi connectivity index (χ1v) is 3.97. The van der Waals surface area contributed by atoms with Crippen molar-refractivity contribution in [3.63, 3.8) is 0 Å². The van der Waals surface area contributed by atoms with E-state index in [1.807, 2.05) is 0 Å². The van der Waals surface area contributed by atoms with E-state index < -0.39 is 0 Å². The summed E-state index contributed by atoms with van der Waals surface area (Å²) >= 11 is 0. The first-order chi connectivity index (χ1) is 4.86. The Bertz CT molecular complexity index is 154. The molecule has 1 nitrogen and oxygen atoms in total. The molecule has 0 spiro atoms. The van der Waals surface area contributed by atoms with Crippen LogP contribution in [0.1, 0.15) is 19.8 Å². The van der Waals surface area contributed by atoms with Gasteiger partial charge in [-0.25, -0.2) is 0 Å². The normalized spacial score (nSPS) is 20.7. The summed E-state index contributed by atoms with van der Waals surface area (Å²) in [5, 5.41) is 0. The Balaban J connectivity index is 2.47. The lowest BCUT2D eigenvalue weighted by atomic mass is 10.1. The highest BCUT2D eigenvalue weighted by molar-refractivity contribution is 5.04. The number of hydrogen-bond acceptors (Lipinski definition) is 1. The van der Waals surface area contributed by atoms with Gasteiger partial charge in [-0.15, -0.1) is 5.73 Å². The lowest BCUT2D eigenvalue weighted by Crippen LogP contribution is -2.30. The maximum atomic E-state index is 3.66. The molecule has 0 N–H and O–H groups in total. The van der Waals surface area contributed by atoms with Crippen molar-refractivity contribution < 1.29 is 0 Å². The molecule has 0 saturated carbocycles. The number of likely N-dealkylation sites (tertiary alicyclic amines) is 1. The maximum absolute atomic E-state index is 3.66. The third kappa shape index (κ3) is 1.73. The average molecular weight is 137 g/mol. The summed E-state index contributed by atoms with van der Waals surface area (Å²) in [6.07, 6.45) is 2.49. The fourth-order valence-corrected chi connectivity index (χ4v) is 1.36. The second-order valence-corrected chi connectivity index (χ2v) is 2.75. The Labute approximate surface area is 63.0 Å². The van der Waals surface area contributed by atoms with Crippen LogP contribution >= 0.6 is 0 Å². The smallest absolute Gasteiger partial charge is 0.0268 e. The zero-order valence-corrected chi connectivity index (χ0v) is 6.69. The van der Waals surface area contributed by atoms with Crippen molar-refractivity contribution in [2.45, 2.75) is 19.8 Å². The summed E-state index contributed by atoms with van der Waals surface area (Å²) in [7, 11) is 0. The highest BCUT2D eigenvalue weighted by Crippen LogP contribution is 2.12. The van der Waals surface area contributed by atoms with Crippen molar-refractivity contribution in [3.8, 4) is 0 Å². The van der Waals surface area contributed by atoms with Crippen LogP contribution in [0.2, 0.25) is 0 Å². The van der Waals surface area contributed by atoms with Gasteiger partial charge < -0.3 is 0 Å². The van der Waals surface area contributed by atoms with E-state index in [1.54, 1.807) is 0 Å². The summed E-state index contributed by atoms with van der Waals surface area (Å²) < 4.78 is 0. The molecule has 0 aromatic rings. The van der Waals surface area contributed by atoms with E-state index in [0.29, 0.717) is 0 Å². The molecule has 1 heteroatoms. The molecule has 0 bridgehead atoms. The molecule has 1 saturated heterocycles. The molecule has 0 aromatic carbocycles. The molecule has 1 aliphatic rings. The predicted octanol–water partition coefficient (Wildman–Crippen LogP) is 1.81. The Hall–Kier alpha value is -0.520. The van der Waals surface area contributed by atoms with Gasteiger partial charge in [0.15, 0.2) is 0 Å². The third-order valence-electron chi connectivity index (χ3n) is 2.06. The highest BCUT2D eigenvalue weighted by Gasteiger charge is 2.10. The quantitative estimate of drug-likeness (QED) is 0.498. The Kier molecular flexibility index (Phi) is 2.73. The molecule has 0 aromatic heterocycles. The van der Waals surface area contributed by atoms with E-state index in [-0.39, 0.29) is 0 Å². The van der Waals surface area contributed by atoms with Gasteiger partial charge in [0, 0.05) is 6.54 Å². The second kappa shape index (κ2) is 3.60. The van der Waals surface area contributed by atoms with Crippen LogP contribution in [-0.2, 0) is 0 Å². The molecule has 1 aliphatic heterocycles. The van der Waals surface area contributed by atoms with Crippen molar-refractivity contribution in [2.24, 2.45) is 0 Å². The molecule has 0 amide bonds. The van der Waals surface area contributed by atoms with Crippen LogP contribution in [0.25, 0.3) is 0 Å². The Morgan fingerprint density at radius 2 is 2.50 bits per heavy atom. The van der Waals surface area contributed by atoms with Gasteiger partial charge in [-0.1, -0.05) is 13.5 Å². The van der Waals surface area contributed by atoms with Crippen LogP contribution in [0, 0.1) is 0 Å². The number of hydrogen-bond donors (Lipinski definition) is 0. The van der Waals surface area contributed by atoms with Gasteiger partial charge in [0.1, 0.15) is 0 Å². The minimum absolute atomic E-state index is 1.10. The van der Waals surface area contributed by atoms with Gasteiger partial charge in [0.25, 0.3) is 0 Å². The van der Waals surface area contributed by atoms with E-state index >= 15 is 0 Å². The molecule has 0 atom stereocenters. The Morgan fingerprint density at radius 1 is 1.70 bits per heavy atom. The summed E-state index contributed by atoms with van der Waals surface area (Å²) in [5.74, 6) is 0. The minimum atomic E-state index is 1.10. The van der Waals surface area contributed by atoms with E-state index in [0.717, 1.165) is 13.1 Å². The Morgan fingerprint density at radius 3 is 3.10 bits per heavy atom. The zero-order valence-electron chi connectivity index (χ0n) is 6.69. The number of likely N-dealkylation sites (N-methyl/N-ethyl adjacent to an activating group) is 1. The molecule has 1 fully saturated rings. The molecule has 0 aliphatic carbocycles. The van der Waals surface area contributed by atoms with E-state index in [4.69, 9.17) is 0 Å². The number of nitrogens with zero attached hydrogens (tertiary/aromatic N) is 1. The molecule has 10 heavy (non-hydrogen) atoms. The van der Waals surface area contributed by atoms with Gasteiger partial charge in [-0.3, -0.25) is 4.90 Å². The molecule has 1 rings (SSSR count). The SMILES string of the molecule is C=C=C1CCCN(CC)C1. The molecule has 56 valence electrons. The fourth-order valence-electron chi connectivity index (χ4n) is 1.36. The largest absolute Gasteiger partial charge is 0.299 e. The molecular formula is C9H15N. The first kappa shape index (κ1) is 7.59. The van der Waals surface area contributed by atoms with E-state index in [1.165, 1.54) is 25.0 Å². The van der Waals surface area contributed by atoms with Crippen LogP contribution in [0.4, 0.5) is 0 Å². The van der Waals surface area contributed by atoms with E-state index in [2.05, 4.69) is 24.1 Å². The zero-order chi connectivity index (χ0) is 7.40. The lowest BCUT2D eigenvalue weighted by molar-refractivity contribution is 0.280. The highest BCUT2D eigenvalue weighted by atomic mass is 15.1. The van der Waals surface area contributed by atoms with Gasteiger partial charge in [0.05, 0.1) is 0 Å². The minimum Gasteiger partial charge on any atom is -0.299 e. The molecular weight excluding hydrogens is 122 g/mol. The monoisotopic (exact) mass is 137 g/mol.